The zero-order valence-electron chi connectivity index (χ0n) is 5.14. The van der Waals surface area contributed by atoms with E-state index in [1.165, 1.54) is 0 Å². The number of hydrogen-bond donors (Lipinski definition) is 1. The van der Waals surface area contributed by atoms with Gasteiger partial charge in [-0.05, 0) is 6.07 Å². The molecule has 2 N–H and O–H groups in total. The van der Waals surface area contributed by atoms with Crippen LogP contribution in [0.1, 0.15) is 5.56 Å². The summed E-state index contributed by atoms with van der Waals surface area (Å²) < 4.78 is 0. The van der Waals surface area contributed by atoms with E-state index < -0.39 is 0 Å². The van der Waals surface area contributed by atoms with Gasteiger partial charge in [0.2, 0.25) is 0 Å². The second-order valence-corrected chi connectivity index (χ2v) is 2.72. The Morgan fingerprint density at radius 2 is 2.40 bits per heavy atom. The molecule has 0 spiro atoms. The normalized spacial score (nSPS) is 9.80. The zero-order chi connectivity index (χ0) is 7.56. The van der Waals surface area contributed by atoms with Gasteiger partial charge in [-0.15, -0.1) is 0 Å². The topological polar surface area (TPSA) is 38.9 Å². The summed E-state index contributed by atoms with van der Waals surface area (Å²) in [5.74, 6) is 0. The van der Waals surface area contributed by atoms with Gasteiger partial charge in [-0.3, -0.25) is 0 Å². The molecule has 0 aliphatic rings. The summed E-state index contributed by atoms with van der Waals surface area (Å²) in [6, 6.07) is 1.72. The van der Waals surface area contributed by atoms with Crippen LogP contribution in [0.2, 0.25) is 5.15 Å². The van der Waals surface area contributed by atoms with Crippen molar-refractivity contribution in [2.75, 3.05) is 5.73 Å². The average molecular weight is 221 g/mol. The summed E-state index contributed by atoms with van der Waals surface area (Å²) in [4.78, 5) is 3.87. The number of nitrogens with zero attached hydrogens (tertiary/aromatic N) is 1. The van der Waals surface area contributed by atoms with Crippen LogP contribution >= 0.6 is 27.5 Å². The number of halogens is 2. The first-order valence-corrected chi connectivity index (χ1v) is 4.20. The predicted molar refractivity (Wildman–Crippen MR) is 46.3 cm³/mol. The van der Waals surface area contributed by atoms with E-state index in [-0.39, 0.29) is 0 Å². The molecule has 0 aromatic carbocycles. The van der Waals surface area contributed by atoms with E-state index in [2.05, 4.69) is 20.9 Å². The van der Waals surface area contributed by atoms with Crippen molar-refractivity contribution in [1.29, 1.82) is 0 Å². The Kier molecular flexibility index (Phi) is 2.51. The van der Waals surface area contributed by atoms with Gasteiger partial charge < -0.3 is 5.73 Å². The minimum atomic E-state index is 0.469. The van der Waals surface area contributed by atoms with Gasteiger partial charge in [0.05, 0.1) is 0 Å². The van der Waals surface area contributed by atoms with Gasteiger partial charge in [-0.2, -0.15) is 0 Å². The number of nitrogens with two attached hydrogens (primary N) is 1. The lowest BCUT2D eigenvalue weighted by atomic mass is 10.3. The highest BCUT2D eigenvalue weighted by Gasteiger charge is 2.01. The summed E-state index contributed by atoms with van der Waals surface area (Å²) in [6.45, 7) is 0. The van der Waals surface area contributed by atoms with Crippen molar-refractivity contribution in [3.63, 3.8) is 0 Å². The highest BCUT2D eigenvalue weighted by Crippen LogP contribution is 2.21. The molecule has 1 aromatic rings. The predicted octanol–water partition coefficient (Wildman–Crippen LogP) is 2.21. The lowest BCUT2D eigenvalue weighted by Crippen LogP contribution is -1.93. The van der Waals surface area contributed by atoms with Crippen molar-refractivity contribution >= 4 is 33.2 Å². The van der Waals surface area contributed by atoms with Crippen LogP contribution in [-0.4, -0.2) is 4.98 Å². The molecule has 10 heavy (non-hydrogen) atoms. The van der Waals surface area contributed by atoms with Crippen LogP contribution in [0.5, 0.6) is 0 Å². The molecule has 54 valence electrons. The van der Waals surface area contributed by atoms with Crippen molar-refractivity contribution < 1.29 is 0 Å². The lowest BCUT2D eigenvalue weighted by Gasteiger charge is -2.01. The fourth-order valence-electron chi connectivity index (χ4n) is 0.613. The Balaban J connectivity index is 3.17. The highest BCUT2D eigenvalue weighted by atomic mass is 79.9. The Labute approximate surface area is 72.5 Å². The van der Waals surface area contributed by atoms with E-state index in [4.69, 9.17) is 17.3 Å². The molecule has 0 saturated carbocycles. The minimum absolute atomic E-state index is 0.469. The maximum Gasteiger partial charge on any atom is 0.135 e. The van der Waals surface area contributed by atoms with Gasteiger partial charge in [0, 0.05) is 22.8 Å². The first kappa shape index (κ1) is 7.82. The summed E-state index contributed by atoms with van der Waals surface area (Å²) in [7, 11) is 0. The van der Waals surface area contributed by atoms with Gasteiger partial charge in [0.15, 0.2) is 0 Å². The van der Waals surface area contributed by atoms with Crippen LogP contribution in [0.15, 0.2) is 12.3 Å². The quantitative estimate of drug-likeness (QED) is 0.583. The molecule has 1 rings (SSSR count). The Morgan fingerprint density at radius 3 is 2.80 bits per heavy atom. The lowest BCUT2D eigenvalue weighted by molar-refractivity contribution is 1.26. The standard InChI is InChI=1S/C6H6BrClN2/c7-3-4-5(9)1-2-10-6(4)8/h1-2H,3H2,(H2,9,10). The molecule has 0 fully saturated rings. The van der Waals surface area contributed by atoms with Crippen LogP contribution in [0.25, 0.3) is 0 Å². The fourth-order valence-corrected chi connectivity index (χ4v) is 1.60. The van der Waals surface area contributed by atoms with Crippen LogP contribution in [0, 0.1) is 0 Å². The van der Waals surface area contributed by atoms with Gasteiger partial charge in [0.25, 0.3) is 0 Å². The molecule has 0 aliphatic heterocycles. The molecular weight excluding hydrogens is 215 g/mol. The Hall–Kier alpha value is -0.280. The molecule has 1 heterocycles. The Bertz CT molecular complexity index is 219. The van der Waals surface area contributed by atoms with Crippen LogP contribution in [0.4, 0.5) is 5.69 Å². The van der Waals surface area contributed by atoms with E-state index in [1.54, 1.807) is 12.3 Å². The number of pyridine rings is 1. The third-order valence-corrected chi connectivity index (χ3v) is 2.06. The summed E-state index contributed by atoms with van der Waals surface area (Å²) in [6.07, 6.45) is 1.59. The molecule has 2 nitrogen and oxygen atoms in total. The zero-order valence-corrected chi connectivity index (χ0v) is 7.48. The van der Waals surface area contributed by atoms with Gasteiger partial charge in [0.1, 0.15) is 5.15 Å². The number of aromatic nitrogens is 1. The number of nitrogen functional groups attached to an aromatic ring is 1. The second kappa shape index (κ2) is 3.21. The van der Waals surface area contributed by atoms with Crippen molar-refractivity contribution in [3.05, 3.63) is 23.0 Å². The molecule has 1 aromatic heterocycles. The van der Waals surface area contributed by atoms with E-state index in [9.17, 15) is 0 Å². The minimum Gasteiger partial charge on any atom is -0.398 e. The largest absolute Gasteiger partial charge is 0.398 e. The molecule has 4 heteroatoms. The molecule has 0 aliphatic carbocycles. The highest BCUT2D eigenvalue weighted by molar-refractivity contribution is 9.08. The van der Waals surface area contributed by atoms with E-state index >= 15 is 0 Å². The molecule has 0 radical (unpaired) electrons. The third-order valence-electron chi connectivity index (χ3n) is 1.17. The SMILES string of the molecule is Nc1ccnc(Cl)c1CBr. The van der Waals surface area contributed by atoms with Crippen LogP contribution < -0.4 is 5.73 Å². The number of anilines is 1. The van der Waals surface area contributed by atoms with Gasteiger partial charge >= 0.3 is 0 Å². The number of alkyl halides is 1. The maximum absolute atomic E-state index is 5.71. The molecule has 0 bridgehead atoms. The van der Waals surface area contributed by atoms with Crippen molar-refractivity contribution in [3.8, 4) is 0 Å². The molecule has 0 atom stereocenters. The molecular formula is C6H6BrClN2. The van der Waals surface area contributed by atoms with E-state index in [0.29, 0.717) is 16.2 Å². The monoisotopic (exact) mass is 220 g/mol. The van der Waals surface area contributed by atoms with Gasteiger partial charge in [-0.1, -0.05) is 27.5 Å². The van der Waals surface area contributed by atoms with Crippen molar-refractivity contribution in [1.82, 2.24) is 4.98 Å². The summed E-state index contributed by atoms with van der Waals surface area (Å²) in [5.41, 5.74) is 7.11. The summed E-state index contributed by atoms with van der Waals surface area (Å²) in [5, 5.41) is 1.11. The van der Waals surface area contributed by atoms with Gasteiger partial charge in [-0.25, -0.2) is 4.98 Å². The molecule has 0 unspecified atom stereocenters. The number of rotatable bonds is 1. The smallest absolute Gasteiger partial charge is 0.135 e. The van der Waals surface area contributed by atoms with E-state index in [1.807, 2.05) is 0 Å². The van der Waals surface area contributed by atoms with Crippen LogP contribution in [0.3, 0.4) is 0 Å². The third kappa shape index (κ3) is 1.41. The average Bonchev–Trinajstić information content (AvgIpc) is 1.88. The van der Waals surface area contributed by atoms with Crippen molar-refractivity contribution in [2.45, 2.75) is 5.33 Å². The van der Waals surface area contributed by atoms with Crippen LogP contribution in [-0.2, 0) is 5.33 Å². The molecule has 0 amide bonds. The molecule has 0 saturated heterocycles. The second-order valence-electron chi connectivity index (χ2n) is 1.80. The number of hydrogen-bond acceptors (Lipinski definition) is 2. The van der Waals surface area contributed by atoms with E-state index in [0.717, 1.165) is 5.56 Å². The first-order valence-electron chi connectivity index (χ1n) is 2.70. The maximum atomic E-state index is 5.71. The van der Waals surface area contributed by atoms with Crippen molar-refractivity contribution in [2.24, 2.45) is 0 Å². The first-order chi connectivity index (χ1) is 4.75. The fraction of sp³-hybridized carbons (Fsp3) is 0.167. The Morgan fingerprint density at radius 1 is 1.70 bits per heavy atom. The summed E-state index contributed by atoms with van der Waals surface area (Å²) >= 11 is 8.96.